The molecule has 3 rings (SSSR count). The predicted octanol–water partition coefficient (Wildman–Crippen LogP) is 3.99. The number of fused-ring (bicyclic) bond motifs is 1. The Morgan fingerprint density at radius 1 is 1.19 bits per heavy atom. The fourth-order valence-corrected chi connectivity index (χ4v) is 4.61. The van der Waals surface area contributed by atoms with E-state index in [1.165, 1.54) is 30.6 Å². The summed E-state index contributed by atoms with van der Waals surface area (Å²) in [7, 11) is 0. The summed E-state index contributed by atoms with van der Waals surface area (Å²) in [5, 5.41) is 4.36. The number of rotatable bonds is 4. The second-order valence-corrected chi connectivity index (χ2v) is 7.84. The molecule has 2 aliphatic rings. The third kappa shape index (κ3) is 4.30. The predicted molar refractivity (Wildman–Crippen MR) is 91.6 cm³/mol. The van der Waals surface area contributed by atoms with Gasteiger partial charge in [-0.25, -0.2) is 0 Å². The molecule has 0 saturated carbocycles. The summed E-state index contributed by atoms with van der Waals surface area (Å²) in [6, 6.07) is 4.24. The van der Waals surface area contributed by atoms with Gasteiger partial charge in [0.05, 0.1) is 17.7 Å². The highest BCUT2D eigenvalue weighted by atomic mass is 79.9. The Morgan fingerprint density at radius 2 is 2.10 bits per heavy atom. The number of benzene rings is 1. The van der Waals surface area contributed by atoms with Crippen molar-refractivity contribution in [1.82, 2.24) is 5.32 Å². The van der Waals surface area contributed by atoms with Gasteiger partial charge in [0.15, 0.2) is 11.5 Å². The molecule has 1 unspecified atom stereocenters. The van der Waals surface area contributed by atoms with E-state index in [4.69, 9.17) is 9.47 Å². The van der Waals surface area contributed by atoms with Crippen molar-refractivity contribution in [2.45, 2.75) is 37.5 Å². The first-order valence-electron chi connectivity index (χ1n) is 7.73. The topological polar surface area (TPSA) is 30.5 Å². The van der Waals surface area contributed by atoms with Crippen molar-refractivity contribution in [3.8, 4) is 11.5 Å². The van der Waals surface area contributed by atoms with Crippen LogP contribution in [0.25, 0.3) is 0 Å². The third-order valence-electron chi connectivity index (χ3n) is 3.84. The largest absolute Gasteiger partial charge is 0.490 e. The minimum absolute atomic E-state index is 0.724. The normalized spacial score (nSPS) is 21.9. The standard InChI is InChI=1S/C16H22BrNO2S/c17-14-8-12(9-15-16(14)20-6-3-5-19-15)10-18-11-13-4-1-2-7-21-13/h8-9,13,18H,1-7,10-11H2. The Bertz CT molecular complexity index is 478. The number of thioether (sulfide) groups is 1. The van der Waals surface area contributed by atoms with Crippen molar-refractivity contribution in [1.29, 1.82) is 0 Å². The smallest absolute Gasteiger partial charge is 0.175 e. The van der Waals surface area contributed by atoms with E-state index in [2.05, 4.69) is 45.1 Å². The van der Waals surface area contributed by atoms with E-state index in [1.54, 1.807) is 0 Å². The second kappa shape index (κ2) is 7.75. The molecule has 3 nitrogen and oxygen atoms in total. The van der Waals surface area contributed by atoms with Crippen LogP contribution in [0.2, 0.25) is 0 Å². The molecule has 0 spiro atoms. The molecule has 0 aliphatic carbocycles. The van der Waals surface area contributed by atoms with Gasteiger partial charge in [-0.3, -0.25) is 0 Å². The van der Waals surface area contributed by atoms with Gasteiger partial charge in [0.25, 0.3) is 0 Å². The van der Waals surface area contributed by atoms with Gasteiger partial charge in [-0.1, -0.05) is 6.42 Å². The van der Waals surface area contributed by atoms with Crippen molar-refractivity contribution < 1.29 is 9.47 Å². The highest BCUT2D eigenvalue weighted by molar-refractivity contribution is 9.10. The molecule has 5 heteroatoms. The monoisotopic (exact) mass is 371 g/mol. The minimum Gasteiger partial charge on any atom is -0.490 e. The van der Waals surface area contributed by atoms with Crippen LogP contribution in [-0.4, -0.2) is 30.8 Å². The van der Waals surface area contributed by atoms with Crippen molar-refractivity contribution in [2.24, 2.45) is 0 Å². The molecular weight excluding hydrogens is 350 g/mol. The second-order valence-electron chi connectivity index (χ2n) is 5.57. The van der Waals surface area contributed by atoms with Crippen molar-refractivity contribution in [2.75, 3.05) is 25.5 Å². The maximum atomic E-state index is 5.78. The molecule has 1 aromatic rings. The van der Waals surface area contributed by atoms with Crippen LogP contribution in [0.15, 0.2) is 16.6 Å². The lowest BCUT2D eigenvalue weighted by atomic mass is 10.1. The molecule has 2 aliphatic heterocycles. The van der Waals surface area contributed by atoms with E-state index in [9.17, 15) is 0 Å². The molecule has 1 saturated heterocycles. The first-order chi connectivity index (χ1) is 10.3. The van der Waals surface area contributed by atoms with Crippen LogP contribution in [0.1, 0.15) is 31.2 Å². The van der Waals surface area contributed by atoms with E-state index in [1.807, 2.05) is 0 Å². The summed E-state index contributed by atoms with van der Waals surface area (Å²) in [4.78, 5) is 0. The summed E-state index contributed by atoms with van der Waals surface area (Å²) in [6.07, 6.45) is 5.06. The van der Waals surface area contributed by atoms with Crippen LogP contribution in [0, 0.1) is 0 Å². The number of ether oxygens (including phenoxy) is 2. The fraction of sp³-hybridized carbons (Fsp3) is 0.625. The molecule has 1 N–H and O–H groups in total. The molecule has 0 aromatic heterocycles. The Labute approximate surface area is 139 Å². The Morgan fingerprint density at radius 3 is 2.95 bits per heavy atom. The highest BCUT2D eigenvalue weighted by Gasteiger charge is 2.16. The average molecular weight is 372 g/mol. The highest BCUT2D eigenvalue weighted by Crippen LogP contribution is 2.38. The van der Waals surface area contributed by atoms with Gasteiger partial charge >= 0.3 is 0 Å². The van der Waals surface area contributed by atoms with Crippen LogP contribution in [0.5, 0.6) is 11.5 Å². The van der Waals surface area contributed by atoms with Gasteiger partial charge in [0.1, 0.15) is 0 Å². The maximum Gasteiger partial charge on any atom is 0.175 e. The first-order valence-corrected chi connectivity index (χ1v) is 9.57. The molecule has 0 bridgehead atoms. The van der Waals surface area contributed by atoms with Crippen molar-refractivity contribution in [3.63, 3.8) is 0 Å². The third-order valence-corrected chi connectivity index (χ3v) is 5.82. The number of hydrogen-bond acceptors (Lipinski definition) is 4. The molecular formula is C16H22BrNO2S. The number of nitrogens with one attached hydrogen (secondary N) is 1. The zero-order chi connectivity index (χ0) is 14.5. The number of hydrogen-bond donors (Lipinski definition) is 1. The number of halogens is 1. The molecule has 1 fully saturated rings. The van der Waals surface area contributed by atoms with Gasteiger partial charge in [-0.05, 0) is 52.2 Å². The molecule has 1 aromatic carbocycles. The van der Waals surface area contributed by atoms with E-state index in [-0.39, 0.29) is 0 Å². The van der Waals surface area contributed by atoms with E-state index in [0.29, 0.717) is 0 Å². The quantitative estimate of drug-likeness (QED) is 0.866. The lowest BCUT2D eigenvalue weighted by Gasteiger charge is -2.21. The van der Waals surface area contributed by atoms with Gasteiger partial charge in [0, 0.05) is 24.8 Å². The van der Waals surface area contributed by atoms with Gasteiger partial charge in [-0.2, -0.15) is 11.8 Å². The van der Waals surface area contributed by atoms with Gasteiger partial charge in [-0.15, -0.1) is 0 Å². The van der Waals surface area contributed by atoms with E-state index < -0.39 is 0 Å². The molecule has 116 valence electrons. The summed E-state index contributed by atoms with van der Waals surface area (Å²) >= 11 is 5.71. The van der Waals surface area contributed by atoms with Crippen molar-refractivity contribution >= 4 is 27.7 Å². The van der Waals surface area contributed by atoms with Crippen LogP contribution in [0.4, 0.5) is 0 Å². The zero-order valence-electron chi connectivity index (χ0n) is 12.2. The first kappa shape index (κ1) is 15.5. The molecule has 0 amide bonds. The van der Waals surface area contributed by atoms with Crippen molar-refractivity contribution in [3.05, 3.63) is 22.2 Å². The Hall–Kier alpha value is -0.390. The molecule has 21 heavy (non-hydrogen) atoms. The summed E-state index contributed by atoms with van der Waals surface area (Å²) in [6.45, 7) is 3.43. The zero-order valence-corrected chi connectivity index (χ0v) is 14.6. The fourth-order valence-electron chi connectivity index (χ4n) is 2.73. The maximum absolute atomic E-state index is 5.78. The molecule has 1 atom stereocenters. The average Bonchev–Trinajstić information content (AvgIpc) is 2.74. The van der Waals surface area contributed by atoms with Crippen LogP contribution < -0.4 is 14.8 Å². The molecule has 2 heterocycles. The van der Waals surface area contributed by atoms with Crippen LogP contribution >= 0.6 is 27.7 Å². The van der Waals surface area contributed by atoms with Crippen LogP contribution in [-0.2, 0) is 6.54 Å². The van der Waals surface area contributed by atoms with Gasteiger partial charge < -0.3 is 14.8 Å². The SMILES string of the molecule is Brc1cc(CNCC2CCCCS2)cc2c1OCCCO2. The summed E-state index contributed by atoms with van der Waals surface area (Å²) in [5.74, 6) is 3.03. The molecule has 0 radical (unpaired) electrons. The lowest BCUT2D eigenvalue weighted by molar-refractivity contribution is 0.296. The van der Waals surface area contributed by atoms with Crippen LogP contribution in [0.3, 0.4) is 0 Å². The summed E-state index contributed by atoms with van der Waals surface area (Å²) < 4.78 is 12.5. The van der Waals surface area contributed by atoms with Gasteiger partial charge in [0.2, 0.25) is 0 Å². The Balaban J connectivity index is 1.57. The lowest BCUT2D eigenvalue weighted by Crippen LogP contribution is -2.26. The Kier molecular flexibility index (Phi) is 5.72. The minimum atomic E-state index is 0.724. The summed E-state index contributed by atoms with van der Waals surface area (Å²) in [5.41, 5.74) is 1.24. The van der Waals surface area contributed by atoms with E-state index >= 15 is 0 Å². The van der Waals surface area contributed by atoms with E-state index in [0.717, 1.165) is 53.9 Å².